The molecule has 0 saturated heterocycles. The normalized spacial score (nSPS) is 11.0. The summed E-state index contributed by atoms with van der Waals surface area (Å²) in [4.78, 5) is 20.3. The first-order chi connectivity index (χ1) is 11.3. The molecule has 0 spiro atoms. The first kappa shape index (κ1) is 13.6. The predicted octanol–water partition coefficient (Wildman–Crippen LogP) is 3.76. The third kappa shape index (κ3) is 2.11. The van der Waals surface area contributed by atoms with Crippen LogP contribution >= 0.6 is 0 Å². The van der Waals surface area contributed by atoms with Crippen molar-refractivity contribution in [2.45, 2.75) is 0 Å². The van der Waals surface area contributed by atoms with E-state index in [9.17, 15) is 4.79 Å². The first-order valence-electron chi connectivity index (χ1n) is 7.26. The zero-order valence-corrected chi connectivity index (χ0v) is 12.2. The Morgan fingerprint density at radius 1 is 0.783 bits per heavy atom. The van der Waals surface area contributed by atoms with Gasteiger partial charge in [-0.3, -0.25) is 0 Å². The van der Waals surface area contributed by atoms with Gasteiger partial charge in [0, 0.05) is 29.1 Å². The minimum atomic E-state index is -0.423. The van der Waals surface area contributed by atoms with E-state index in [2.05, 4.69) is 9.97 Å². The van der Waals surface area contributed by atoms with Crippen LogP contribution in [0.15, 0.2) is 67.3 Å². The van der Waals surface area contributed by atoms with Gasteiger partial charge in [0.05, 0.1) is 0 Å². The van der Waals surface area contributed by atoms with E-state index >= 15 is 0 Å². The van der Waals surface area contributed by atoms with Crippen molar-refractivity contribution in [3.05, 3.63) is 72.8 Å². The van der Waals surface area contributed by atoms with Crippen LogP contribution in [0.3, 0.4) is 0 Å². The molecule has 0 aliphatic heterocycles. The molecule has 0 bridgehead atoms. The van der Waals surface area contributed by atoms with Gasteiger partial charge >= 0.3 is 0 Å². The second-order valence-corrected chi connectivity index (χ2v) is 5.33. The van der Waals surface area contributed by atoms with Crippen LogP contribution in [0.1, 0.15) is 10.4 Å². The Hall–Kier alpha value is -3.01. The van der Waals surface area contributed by atoms with Crippen molar-refractivity contribution < 1.29 is 4.79 Å². The van der Waals surface area contributed by atoms with Crippen LogP contribution in [-0.4, -0.2) is 23.5 Å². The third-order valence-electron chi connectivity index (χ3n) is 4.03. The lowest BCUT2D eigenvalue weighted by Gasteiger charge is -2.15. The molecule has 4 rings (SSSR count). The average Bonchev–Trinajstić information content (AvgIpc) is 2.59. The fourth-order valence-electron chi connectivity index (χ4n) is 3.13. The first-order valence-corrected chi connectivity index (χ1v) is 7.26. The summed E-state index contributed by atoms with van der Waals surface area (Å²) in [5.74, 6) is 0. The molecule has 3 aromatic carbocycles. The Kier molecular flexibility index (Phi) is 3.16. The Balaban J connectivity index is 2.30. The maximum absolute atomic E-state index is 12.1. The predicted molar refractivity (Wildman–Crippen MR) is 92.6 cm³/mol. The summed E-state index contributed by atoms with van der Waals surface area (Å²) in [6, 6.07) is 15.6. The molecular formula is C19H11BN2O. The van der Waals surface area contributed by atoms with Crippen LogP contribution in [0.4, 0.5) is 0 Å². The minimum absolute atomic E-state index is 0.423. The lowest BCUT2D eigenvalue weighted by atomic mass is 9.83. The van der Waals surface area contributed by atoms with E-state index in [1.807, 2.05) is 48.5 Å². The molecule has 0 fully saturated rings. The van der Waals surface area contributed by atoms with Crippen LogP contribution in [0, 0.1) is 0 Å². The maximum atomic E-state index is 12.1. The SMILES string of the molecule is [B]C(=O)c1c2ccccc2c(-c2cncnc2)c2ccccc12. The molecule has 3 nitrogen and oxygen atoms in total. The molecule has 1 heterocycles. The molecule has 0 atom stereocenters. The monoisotopic (exact) mass is 294 g/mol. The Bertz CT molecular complexity index is 988. The van der Waals surface area contributed by atoms with Crippen LogP contribution in [0.5, 0.6) is 0 Å². The van der Waals surface area contributed by atoms with Gasteiger partial charge in [-0.05, 0) is 21.5 Å². The molecule has 23 heavy (non-hydrogen) atoms. The summed E-state index contributed by atoms with van der Waals surface area (Å²) in [6.45, 7) is 0. The average molecular weight is 294 g/mol. The highest BCUT2D eigenvalue weighted by atomic mass is 16.1. The van der Waals surface area contributed by atoms with E-state index in [0.717, 1.165) is 32.7 Å². The van der Waals surface area contributed by atoms with Gasteiger partial charge in [-0.1, -0.05) is 48.5 Å². The second kappa shape index (κ2) is 5.32. The highest BCUT2D eigenvalue weighted by Gasteiger charge is 2.16. The van der Waals surface area contributed by atoms with Gasteiger partial charge in [0.1, 0.15) is 12.0 Å². The Morgan fingerprint density at radius 3 is 1.74 bits per heavy atom. The van der Waals surface area contributed by atoms with E-state index < -0.39 is 5.68 Å². The van der Waals surface area contributed by atoms with Crippen molar-refractivity contribution >= 4 is 35.1 Å². The van der Waals surface area contributed by atoms with Gasteiger partial charge < -0.3 is 4.79 Å². The molecular weight excluding hydrogens is 283 g/mol. The quantitative estimate of drug-likeness (QED) is 0.417. The molecule has 0 aliphatic rings. The fraction of sp³-hybridized carbons (Fsp3) is 0. The zero-order chi connectivity index (χ0) is 15.8. The summed E-state index contributed by atoms with van der Waals surface area (Å²) >= 11 is 0. The number of rotatable bonds is 2. The van der Waals surface area contributed by atoms with Crippen LogP contribution in [0.25, 0.3) is 32.7 Å². The van der Waals surface area contributed by atoms with Crippen molar-refractivity contribution in [2.24, 2.45) is 0 Å². The molecule has 0 saturated carbocycles. The van der Waals surface area contributed by atoms with Crippen molar-refractivity contribution in [3.63, 3.8) is 0 Å². The summed E-state index contributed by atoms with van der Waals surface area (Å²) in [6.07, 6.45) is 5.07. The number of benzene rings is 3. The van der Waals surface area contributed by atoms with Crippen molar-refractivity contribution in [1.82, 2.24) is 9.97 Å². The molecule has 1 aromatic heterocycles. The van der Waals surface area contributed by atoms with Gasteiger partial charge in [0.25, 0.3) is 0 Å². The second-order valence-electron chi connectivity index (χ2n) is 5.33. The van der Waals surface area contributed by atoms with E-state index in [4.69, 9.17) is 7.85 Å². The van der Waals surface area contributed by atoms with E-state index in [1.165, 1.54) is 6.33 Å². The van der Waals surface area contributed by atoms with Gasteiger partial charge in [-0.15, -0.1) is 0 Å². The van der Waals surface area contributed by atoms with Gasteiger partial charge in [-0.2, -0.15) is 0 Å². The Morgan fingerprint density at radius 2 is 1.26 bits per heavy atom. The molecule has 4 aromatic rings. The number of hydrogen-bond acceptors (Lipinski definition) is 3. The van der Waals surface area contributed by atoms with Crippen LogP contribution in [0.2, 0.25) is 0 Å². The smallest absolute Gasteiger partial charge is 0.175 e. The zero-order valence-electron chi connectivity index (χ0n) is 12.2. The fourth-order valence-corrected chi connectivity index (χ4v) is 3.13. The van der Waals surface area contributed by atoms with Crippen molar-refractivity contribution in [2.75, 3.05) is 0 Å². The highest BCUT2D eigenvalue weighted by molar-refractivity contribution is 6.65. The highest BCUT2D eigenvalue weighted by Crippen LogP contribution is 2.38. The number of nitrogens with zero attached hydrogens (tertiary/aromatic N) is 2. The summed E-state index contributed by atoms with van der Waals surface area (Å²) < 4.78 is 0. The topological polar surface area (TPSA) is 42.9 Å². The van der Waals surface area contributed by atoms with Gasteiger partial charge in [-0.25, -0.2) is 9.97 Å². The number of hydrogen-bond donors (Lipinski definition) is 0. The summed E-state index contributed by atoms with van der Waals surface area (Å²) in [5, 5.41) is 3.62. The van der Waals surface area contributed by atoms with E-state index in [0.29, 0.717) is 5.56 Å². The molecule has 0 unspecified atom stereocenters. The maximum Gasteiger partial charge on any atom is 0.175 e. The summed E-state index contributed by atoms with van der Waals surface area (Å²) in [7, 11) is 5.67. The van der Waals surface area contributed by atoms with Crippen molar-refractivity contribution in [1.29, 1.82) is 0 Å². The number of fused-ring (bicyclic) bond motifs is 2. The standard InChI is InChI=1S/C19H11BN2O/c20-19(23)18-15-7-3-1-5-13(15)17(12-9-21-11-22-10-12)14-6-2-4-8-16(14)18/h1-11H. The van der Waals surface area contributed by atoms with Gasteiger partial charge in [0.2, 0.25) is 0 Å². The van der Waals surface area contributed by atoms with Crippen molar-refractivity contribution in [3.8, 4) is 11.1 Å². The minimum Gasteiger partial charge on any atom is -0.307 e. The lowest BCUT2D eigenvalue weighted by Crippen LogP contribution is -2.01. The molecule has 2 radical (unpaired) electrons. The molecule has 106 valence electrons. The third-order valence-corrected chi connectivity index (χ3v) is 4.03. The lowest BCUT2D eigenvalue weighted by molar-refractivity contribution is 0.108. The van der Waals surface area contributed by atoms with E-state index in [1.54, 1.807) is 12.4 Å². The summed E-state index contributed by atoms with van der Waals surface area (Å²) in [5.41, 5.74) is 2.06. The Labute approximate surface area is 134 Å². The number of carbonyl (C=O) groups is 1. The largest absolute Gasteiger partial charge is 0.307 e. The molecule has 4 heteroatoms. The van der Waals surface area contributed by atoms with Crippen LogP contribution in [-0.2, 0) is 0 Å². The van der Waals surface area contributed by atoms with E-state index in [-0.39, 0.29) is 0 Å². The molecule has 0 amide bonds. The molecule has 0 aliphatic carbocycles. The number of aromatic nitrogens is 2. The number of carbonyl (C=O) groups excluding carboxylic acids is 1. The van der Waals surface area contributed by atoms with Crippen LogP contribution < -0.4 is 0 Å². The van der Waals surface area contributed by atoms with Gasteiger partial charge in [0.15, 0.2) is 7.85 Å². The molecule has 0 N–H and O–H groups in total.